The van der Waals surface area contributed by atoms with Crippen LogP contribution >= 0.6 is 12.4 Å². The molecule has 120 valence electrons. The number of nitrogens with zero attached hydrogens (tertiary/aromatic N) is 2. The fourth-order valence-corrected chi connectivity index (χ4v) is 2.68. The fraction of sp³-hybridized carbons (Fsp3) is 0.211. The molecule has 23 heavy (non-hydrogen) atoms. The minimum absolute atomic E-state index is 0. The van der Waals surface area contributed by atoms with Gasteiger partial charge in [0.15, 0.2) is 0 Å². The molecule has 0 amide bonds. The second-order valence-electron chi connectivity index (χ2n) is 5.55. The van der Waals surface area contributed by atoms with Gasteiger partial charge in [0, 0.05) is 26.0 Å². The molecule has 0 spiro atoms. The maximum atomic E-state index is 4.53. The minimum atomic E-state index is 0. The fourth-order valence-electron chi connectivity index (χ4n) is 2.68. The van der Waals surface area contributed by atoms with Crippen LogP contribution in [0.4, 0.5) is 0 Å². The van der Waals surface area contributed by atoms with E-state index in [1.165, 1.54) is 16.7 Å². The molecule has 1 N–H and O–H groups in total. The molecule has 0 aliphatic heterocycles. The van der Waals surface area contributed by atoms with Crippen molar-refractivity contribution < 1.29 is 0 Å². The van der Waals surface area contributed by atoms with Gasteiger partial charge in [-0.25, -0.2) is 4.98 Å². The third-order valence-corrected chi connectivity index (χ3v) is 4.01. The lowest BCUT2D eigenvalue weighted by molar-refractivity contribution is 0.557. The number of aromatic nitrogens is 2. The van der Waals surface area contributed by atoms with Crippen molar-refractivity contribution in [3.8, 4) is 0 Å². The van der Waals surface area contributed by atoms with Gasteiger partial charge < -0.3 is 4.57 Å². The van der Waals surface area contributed by atoms with Gasteiger partial charge in [0.25, 0.3) is 0 Å². The lowest BCUT2D eigenvalue weighted by Gasteiger charge is -2.20. The highest BCUT2D eigenvalue weighted by Crippen LogP contribution is 2.21. The van der Waals surface area contributed by atoms with E-state index in [0.717, 1.165) is 12.4 Å². The molecule has 0 radical (unpaired) electrons. The normalized spacial score (nSPS) is 11.7. The van der Waals surface area contributed by atoms with Crippen LogP contribution in [0, 0.1) is 6.92 Å². The summed E-state index contributed by atoms with van der Waals surface area (Å²) in [4.78, 5) is 4.53. The zero-order valence-corrected chi connectivity index (χ0v) is 14.3. The second-order valence-corrected chi connectivity index (χ2v) is 5.55. The average Bonchev–Trinajstić information content (AvgIpc) is 2.96. The zero-order chi connectivity index (χ0) is 15.4. The molecule has 3 aromatic rings. The van der Waals surface area contributed by atoms with Crippen molar-refractivity contribution in [3.05, 3.63) is 89.5 Å². The molecule has 4 heteroatoms. The van der Waals surface area contributed by atoms with Crippen molar-refractivity contribution in [2.45, 2.75) is 19.5 Å². The topological polar surface area (TPSA) is 29.9 Å². The molecule has 0 bridgehead atoms. The molecule has 2 aromatic carbocycles. The number of imidazole rings is 1. The van der Waals surface area contributed by atoms with E-state index in [0.29, 0.717) is 0 Å². The number of halogens is 1. The molecular formula is C19H22ClN3. The van der Waals surface area contributed by atoms with E-state index < -0.39 is 0 Å². The molecule has 3 nitrogen and oxygen atoms in total. The standard InChI is InChI=1S/C19H21N3.ClH/c1-15-8-6-7-11-17(15)14-21-18(16-9-4-3-5-10-16)19-20-12-13-22(19)2;/h3-13,18,21H,14H2,1-2H3;1H. The second kappa shape index (κ2) is 7.95. The Labute approximate surface area is 143 Å². The van der Waals surface area contributed by atoms with Crippen LogP contribution in [-0.2, 0) is 13.6 Å². The highest BCUT2D eigenvalue weighted by Gasteiger charge is 2.17. The first-order chi connectivity index (χ1) is 10.8. The van der Waals surface area contributed by atoms with Gasteiger partial charge in [-0.1, -0.05) is 54.6 Å². The first-order valence-electron chi connectivity index (χ1n) is 7.56. The van der Waals surface area contributed by atoms with E-state index in [4.69, 9.17) is 0 Å². The summed E-state index contributed by atoms with van der Waals surface area (Å²) >= 11 is 0. The van der Waals surface area contributed by atoms with Crippen LogP contribution < -0.4 is 5.32 Å². The quantitative estimate of drug-likeness (QED) is 0.766. The largest absolute Gasteiger partial charge is 0.336 e. The Morgan fingerprint density at radius 1 is 1.04 bits per heavy atom. The maximum absolute atomic E-state index is 4.53. The van der Waals surface area contributed by atoms with Gasteiger partial charge in [0.05, 0.1) is 6.04 Å². The first-order valence-corrected chi connectivity index (χ1v) is 7.56. The van der Waals surface area contributed by atoms with Gasteiger partial charge >= 0.3 is 0 Å². The monoisotopic (exact) mass is 327 g/mol. The van der Waals surface area contributed by atoms with Crippen LogP contribution in [0.3, 0.4) is 0 Å². The third kappa shape index (κ3) is 4.01. The summed E-state index contributed by atoms with van der Waals surface area (Å²) in [7, 11) is 2.04. The van der Waals surface area contributed by atoms with Crippen LogP contribution in [0.5, 0.6) is 0 Å². The Kier molecular flexibility index (Phi) is 5.97. The van der Waals surface area contributed by atoms with Crippen molar-refractivity contribution >= 4 is 12.4 Å². The lowest BCUT2D eigenvalue weighted by atomic mass is 10.0. The Bertz CT molecular complexity index is 737. The minimum Gasteiger partial charge on any atom is -0.336 e. The number of nitrogens with one attached hydrogen (secondary N) is 1. The average molecular weight is 328 g/mol. The predicted molar refractivity (Wildman–Crippen MR) is 96.8 cm³/mol. The summed E-state index contributed by atoms with van der Waals surface area (Å²) in [5, 5.41) is 3.65. The van der Waals surface area contributed by atoms with Crippen LogP contribution in [0.1, 0.15) is 28.6 Å². The highest BCUT2D eigenvalue weighted by atomic mass is 35.5. The molecule has 1 atom stereocenters. The third-order valence-electron chi connectivity index (χ3n) is 4.01. The van der Waals surface area contributed by atoms with E-state index in [2.05, 4.69) is 70.3 Å². The number of rotatable bonds is 5. The van der Waals surface area contributed by atoms with Gasteiger partial charge in [-0.05, 0) is 23.6 Å². The van der Waals surface area contributed by atoms with Crippen molar-refractivity contribution in [3.63, 3.8) is 0 Å². The van der Waals surface area contributed by atoms with Crippen molar-refractivity contribution in [2.24, 2.45) is 7.05 Å². The Hall–Kier alpha value is -2.10. The van der Waals surface area contributed by atoms with Crippen LogP contribution in [0.2, 0.25) is 0 Å². The van der Waals surface area contributed by atoms with Gasteiger partial charge in [-0.15, -0.1) is 12.4 Å². The number of benzene rings is 2. The van der Waals surface area contributed by atoms with Gasteiger partial charge in [0.1, 0.15) is 5.82 Å². The predicted octanol–water partition coefficient (Wildman–Crippen LogP) is 4.03. The Morgan fingerprint density at radius 3 is 2.39 bits per heavy atom. The first kappa shape index (κ1) is 17.3. The molecular weight excluding hydrogens is 306 g/mol. The number of hydrogen-bond acceptors (Lipinski definition) is 2. The summed E-state index contributed by atoms with van der Waals surface area (Å²) in [5.74, 6) is 1.03. The summed E-state index contributed by atoms with van der Waals surface area (Å²) in [6, 6.07) is 19.0. The summed E-state index contributed by atoms with van der Waals surface area (Å²) < 4.78 is 2.07. The molecule has 0 aliphatic carbocycles. The molecule has 0 saturated carbocycles. The van der Waals surface area contributed by atoms with Crippen LogP contribution in [0.25, 0.3) is 0 Å². The number of hydrogen-bond donors (Lipinski definition) is 1. The number of aryl methyl sites for hydroxylation is 2. The van der Waals surface area contributed by atoms with Crippen molar-refractivity contribution in [1.82, 2.24) is 14.9 Å². The summed E-state index contributed by atoms with van der Waals surface area (Å²) in [6.45, 7) is 2.97. The van der Waals surface area contributed by atoms with E-state index in [-0.39, 0.29) is 18.4 Å². The molecule has 0 fully saturated rings. The van der Waals surface area contributed by atoms with Crippen LogP contribution in [0.15, 0.2) is 67.0 Å². The van der Waals surface area contributed by atoms with E-state index >= 15 is 0 Å². The molecule has 1 heterocycles. The van der Waals surface area contributed by atoms with Crippen molar-refractivity contribution in [1.29, 1.82) is 0 Å². The van der Waals surface area contributed by atoms with Gasteiger partial charge in [-0.2, -0.15) is 0 Å². The smallest absolute Gasteiger partial charge is 0.130 e. The highest BCUT2D eigenvalue weighted by molar-refractivity contribution is 5.85. The maximum Gasteiger partial charge on any atom is 0.130 e. The van der Waals surface area contributed by atoms with Crippen LogP contribution in [-0.4, -0.2) is 9.55 Å². The summed E-state index contributed by atoms with van der Waals surface area (Å²) in [5.41, 5.74) is 3.85. The molecule has 1 unspecified atom stereocenters. The molecule has 3 rings (SSSR count). The Balaban J connectivity index is 0.00000192. The Morgan fingerprint density at radius 2 is 1.74 bits per heavy atom. The van der Waals surface area contributed by atoms with Crippen molar-refractivity contribution in [2.75, 3.05) is 0 Å². The molecule has 0 saturated heterocycles. The van der Waals surface area contributed by atoms with E-state index in [9.17, 15) is 0 Å². The lowest BCUT2D eigenvalue weighted by Crippen LogP contribution is -2.25. The van der Waals surface area contributed by atoms with Gasteiger partial charge in [-0.3, -0.25) is 5.32 Å². The molecule has 1 aromatic heterocycles. The van der Waals surface area contributed by atoms with E-state index in [1.54, 1.807) is 0 Å². The molecule has 0 aliphatic rings. The SMILES string of the molecule is Cc1ccccc1CNC(c1ccccc1)c1nccn1C.Cl. The zero-order valence-electron chi connectivity index (χ0n) is 13.4. The van der Waals surface area contributed by atoms with E-state index in [1.807, 2.05) is 25.5 Å². The van der Waals surface area contributed by atoms with Gasteiger partial charge in [0.2, 0.25) is 0 Å². The summed E-state index contributed by atoms with van der Waals surface area (Å²) in [6.07, 6.45) is 3.83.